The number of aliphatic hydroxyl groups is 1. The Bertz CT molecular complexity index is 763. The summed E-state index contributed by atoms with van der Waals surface area (Å²) in [5.74, 6) is 0.298. The molecule has 4 rings (SSSR count). The molecular formula is C23H37N3O3S. The normalized spacial score (nSPS) is 35.4. The Labute approximate surface area is 184 Å². The van der Waals surface area contributed by atoms with Crippen molar-refractivity contribution in [3.8, 4) is 0 Å². The average molecular weight is 436 g/mol. The molecule has 1 saturated heterocycles. The van der Waals surface area contributed by atoms with Crippen molar-refractivity contribution >= 4 is 17.2 Å². The Morgan fingerprint density at radius 3 is 2.90 bits per heavy atom. The van der Waals surface area contributed by atoms with Gasteiger partial charge in [-0.1, -0.05) is 20.8 Å². The highest BCUT2D eigenvalue weighted by Gasteiger charge is 2.53. The second-order valence-corrected chi connectivity index (χ2v) is 11.2. The molecule has 3 aliphatic rings. The third-order valence-electron chi connectivity index (χ3n) is 7.92. The van der Waals surface area contributed by atoms with Crippen molar-refractivity contribution in [2.24, 2.45) is 23.2 Å². The standard InChI is InChI=1S/C23H37N3O3S/c1-14(22(28)24-7-8-26-9-11-29-12-10-26)17-5-6-23(4)13-18-20(25-16(3)30-18)15(2)19(23)21(17)27/h14-15,17,19,21,27H,5-13H2,1-4H3,(H,24,28)/t14-,15-,17+,19+,21-,23-/m0/s1. The maximum Gasteiger partial charge on any atom is 0.223 e. The van der Waals surface area contributed by atoms with Crippen molar-refractivity contribution in [2.75, 3.05) is 39.4 Å². The van der Waals surface area contributed by atoms with Gasteiger partial charge >= 0.3 is 0 Å². The predicted molar refractivity (Wildman–Crippen MR) is 119 cm³/mol. The molecule has 0 aromatic carbocycles. The largest absolute Gasteiger partial charge is 0.392 e. The maximum atomic E-state index is 12.9. The van der Waals surface area contributed by atoms with Crippen LogP contribution in [0, 0.1) is 30.1 Å². The fourth-order valence-corrected chi connectivity index (χ4v) is 7.42. The molecule has 0 bridgehead atoms. The molecule has 1 amide bonds. The molecule has 7 heteroatoms. The number of carbonyl (C=O) groups is 1. The number of morpholine rings is 1. The van der Waals surface area contributed by atoms with E-state index >= 15 is 0 Å². The highest BCUT2D eigenvalue weighted by molar-refractivity contribution is 7.11. The van der Waals surface area contributed by atoms with E-state index in [1.54, 1.807) is 0 Å². The molecule has 6 atom stereocenters. The molecule has 30 heavy (non-hydrogen) atoms. The monoisotopic (exact) mass is 435 g/mol. The molecule has 2 fully saturated rings. The van der Waals surface area contributed by atoms with Gasteiger partial charge in [-0.3, -0.25) is 9.69 Å². The second kappa shape index (κ2) is 8.85. The molecule has 6 nitrogen and oxygen atoms in total. The number of aryl methyl sites for hydroxylation is 1. The number of carbonyl (C=O) groups excluding carboxylic acids is 1. The Morgan fingerprint density at radius 2 is 2.17 bits per heavy atom. The summed E-state index contributed by atoms with van der Waals surface area (Å²) in [6, 6.07) is 0. The lowest BCUT2D eigenvalue weighted by Gasteiger charge is -2.53. The topological polar surface area (TPSA) is 74.7 Å². The molecule has 1 saturated carbocycles. The van der Waals surface area contributed by atoms with Crippen LogP contribution in [-0.4, -0.2) is 66.4 Å². The van der Waals surface area contributed by atoms with Crippen molar-refractivity contribution in [3.63, 3.8) is 0 Å². The van der Waals surface area contributed by atoms with E-state index < -0.39 is 6.10 Å². The van der Waals surface area contributed by atoms with Crippen LogP contribution in [-0.2, 0) is 16.0 Å². The zero-order valence-electron chi connectivity index (χ0n) is 18.8. The number of fused-ring (bicyclic) bond motifs is 2. The number of hydrogen-bond donors (Lipinski definition) is 2. The lowest BCUT2D eigenvalue weighted by atomic mass is 9.53. The minimum absolute atomic E-state index is 0.00944. The average Bonchev–Trinajstić information content (AvgIpc) is 3.08. The summed E-state index contributed by atoms with van der Waals surface area (Å²) in [6.45, 7) is 13.6. The molecule has 1 aliphatic heterocycles. The second-order valence-electron chi connectivity index (χ2n) is 9.91. The SMILES string of the molecule is Cc1nc2c(s1)C[C@]1(C)CC[C@H]([C@H](C)C(=O)NCCN3CCOCC3)[C@H](O)[C@H]1[C@@H]2C. The first-order valence-corrected chi connectivity index (χ1v) is 12.3. The van der Waals surface area contributed by atoms with E-state index in [4.69, 9.17) is 9.72 Å². The first-order valence-electron chi connectivity index (χ1n) is 11.5. The van der Waals surface area contributed by atoms with Crippen molar-refractivity contribution in [3.05, 3.63) is 15.6 Å². The maximum absolute atomic E-state index is 12.9. The van der Waals surface area contributed by atoms with Gasteiger partial charge in [0, 0.05) is 42.9 Å². The lowest BCUT2D eigenvalue weighted by molar-refractivity contribution is -0.134. The summed E-state index contributed by atoms with van der Waals surface area (Å²) in [4.78, 5) is 21.4. The van der Waals surface area contributed by atoms with Crippen molar-refractivity contribution in [2.45, 2.75) is 59.0 Å². The van der Waals surface area contributed by atoms with Gasteiger partial charge in [-0.25, -0.2) is 4.98 Å². The van der Waals surface area contributed by atoms with E-state index in [0.717, 1.165) is 57.1 Å². The van der Waals surface area contributed by atoms with Crippen molar-refractivity contribution in [1.82, 2.24) is 15.2 Å². The smallest absolute Gasteiger partial charge is 0.223 e. The lowest BCUT2D eigenvalue weighted by Crippen LogP contribution is -2.53. The molecule has 0 radical (unpaired) electrons. The number of nitrogens with one attached hydrogen (secondary N) is 1. The van der Waals surface area contributed by atoms with E-state index in [1.165, 1.54) is 10.6 Å². The van der Waals surface area contributed by atoms with Gasteiger partial charge in [0.1, 0.15) is 0 Å². The Balaban J connectivity index is 1.39. The molecule has 0 spiro atoms. The first-order chi connectivity index (χ1) is 14.3. The fraction of sp³-hybridized carbons (Fsp3) is 0.826. The number of hydrogen-bond acceptors (Lipinski definition) is 6. The van der Waals surface area contributed by atoms with Crippen LogP contribution in [0.15, 0.2) is 0 Å². The summed E-state index contributed by atoms with van der Waals surface area (Å²) in [5.41, 5.74) is 1.27. The zero-order chi connectivity index (χ0) is 21.5. The van der Waals surface area contributed by atoms with Crippen LogP contribution in [0.4, 0.5) is 0 Å². The number of nitrogens with zero attached hydrogens (tertiary/aromatic N) is 2. The Hall–Kier alpha value is -1.02. The van der Waals surface area contributed by atoms with Crippen LogP contribution < -0.4 is 5.32 Å². The summed E-state index contributed by atoms with van der Waals surface area (Å²) in [5, 5.41) is 15.7. The summed E-state index contributed by atoms with van der Waals surface area (Å²) in [7, 11) is 0. The minimum atomic E-state index is -0.464. The van der Waals surface area contributed by atoms with Gasteiger partial charge in [0.15, 0.2) is 0 Å². The van der Waals surface area contributed by atoms with Crippen LogP contribution in [0.1, 0.15) is 55.1 Å². The van der Waals surface area contributed by atoms with Crippen molar-refractivity contribution < 1.29 is 14.6 Å². The molecular weight excluding hydrogens is 398 g/mol. The van der Waals surface area contributed by atoms with Crippen LogP contribution in [0.25, 0.3) is 0 Å². The first kappa shape index (κ1) is 22.2. The van der Waals surface area contributed by atoms with Crippen LogP contribution >= 0.6 is 11.3 Å². The molecule has 1 aromatic rings. The highest BCUT2D eigenvalue weighted by atomic mass is 32.1. The van der Waals surface area contributed by atoms with Crippen LogP contribution in [0.2, 0.25) is 0 Å². The Kier molecular flexibility index (Phi) is 6.54. The molecule has 1 aromatic heterocycles. The number of aromatic nitrogens is 1. The highest BCUT2D eigenvalue weighted by Crippen LogP contribution is 2.57. The quantitative estimate of drug-likeness (QED) is 0.744. The van der Waals surface area contributed by atoms with Gasteiger partial charge in [-0.05, 0) is 43.4 Å². The van der Waals surface area contributed by atoms with Gasteiger partial charge in [0.25, 0.3) is 0 Å². The van der Waals surface area contributed by atoms with Gasteiger partial charge < -0.3 is 15.2 Å². The molecule has 2 heterocycles. The van der Waals surface area contributed by atoms with E-state index in [9.17, 15) is 9.90 Å². The van der Waals surface area contributed by atoms with Gasteiger partial charge in [0.2, 0.25) is 5.91 Å². The third kappa shape index (κ3) is 4.18. The van der Waals surface area contributed by atoms with Crippen LogP contribution in [0.5, 0.6) is 0 Å². The van der Waals surface area contributed by atoms with Crippen LogP contribution in [0.3, 0.4) is 0 Å². The van der Waals surface area contributed by atoms with Gasteiger partial charge in [-0.15, -0.1) is 11.3 Å². The summed E-state index contributed by atoms with van der Waals surface area (Å²) in [6.07, 6.45) is 2.51. The third-order valence-corrected chi connectivity index (χ3v) is 8.90. The number of amides is 1. The van der Waals surface area contributed by atoms with Gasteiger partial charge in [-0.2, -0.15) is 0 Å². The number of ether oxygens (including phenoxy) is 1. The number of thiazole rings is 1. The zero-order valence-corrected chi connectivity index (χ0v) is 19.6. The molecule has 2 aliphatic carbocycles. The summed E-state index contributed by atoms with van der Waals surface area (Å²) >= 11 is 1.81. The fourth-order valence-electron chi connectivity index (χ4n) is 6.19. The van der Waals surface area contributed by atoms with Gasteiger partial charge in [0.05, 0.1) is 30.0 Å². The number of rotatable bonds is 5. The number of aliphatic hydroxyl groups excluding tert-OH is 1. The van der Waals surface area contributed by atoms with E-state index in [-0.39, 0.29) is 35.0 Å². The van der Waals surface area contributed by atoms with E-state index in [2.05, 4.69) is 31.0 Å². The predicted octanol–water partition coefficient (Wildman–Crippen LogP) is 2.59. The van der Waals surface area contributed by atoms with E-state index in [0.29, 0.717) is 6.54 Å². The summed E-state index contributed by atoms with van der Waals surface area (Å²) < 4.78 is 5.38. The minimum Gasteiger partial charge on any atom is -0.392 e. The molecule has 0 unspecified atom stereocenters. The Morgan fingerprint density at radius 1 is 1.43 bits per heavy atom. The van der Waals surface area contributed by atoms with Crippen molar-refractivity contribution in [1.29, 1.82) is 0 Å². The van der Waals surface area contributed by atoms with E-state index in [1.807, 2.05) is 18.3 Å². The molecule has 2 N–H and O–H groups in total. The molecule has 168 valence electrons.